The topological polar surface area (TPSA) is 49.4 Å². The quantitative estimate of drug-likeness (QED) is 0.830. The van der Waals surface area contributed by atoms with Crippen molar-refractivity contribution in [2.75, 3.05) is 11.9 Å². The molecule has 0 spiro atoms. The number of carbonyl (C=O) groups excluding carboxylic acids is 2. The summed E-state index contributed by atoms with van der Waals surface area (Å²) >= 11 is 6.22. The highest BCUT2D eigenvalue weighted by molar-refractivity contribution is 6.30. The van der Waals surface area contributed by atoms with Crippen molar-refractivity contribution in [2.45, 2.75) is 26.8 Å². The molecule has 0 saturated carbocycles. The number of anilines is 1. The molecule has 0 unspecified atom stereocenters. The molecule has 5 heteroatoms. The van der Waals surface area contributed by atoms with Gasteiger partial charge in [0.05, 0.1) is 6.04 Å². The minimum atomic E-state index is -0.601. The lowest BCUT2D eigenvalue weighted by Crippen LogP contribution is -2.44. The van der Waals surface area contributed by atoms with E-state index >= 15 is 0 Å². The standard InChI is InChI=1S/C20H21ClN2O2/c1-20(2,3)19(25)23-12-17(24)22-16-10-9-14(21)11-15(16)18(23)13-7-5-4-6-8-13/h4-11,18H,12H2,1-3H3,(H,22,24)/t18-/m1/s1. The Hall–Kier alpha value is -2.33. The van der Waals surface area contributed by atoms with Crippen molar-refractivity contribution in [3.8, 4) is 0 Å². The molecule has 1 N–H and O–H groups in total. The summed E-state index contributed by atoms with van der Waals surface area (Å²) in [7, 11) is 0. The second-order valence-corrected chi connectivity index (χ2v) is 7.71. The lowest BCUT2D eigenvalue weighted by Gasteiger charge is -2.35. The summed E-state index contributed by atoms with van der Waals surface area (Å²) in [4.78, 5) is 27.2. The minimum Gasteiger partial charge on any atom is -0.324 e. The van der Waals surface area contributed by atoms with E-state index < -0.39 is 5.41 Å². The van der Waals surface area contributed by atoms with Gasteiger partial charge in [-0.25, -0.2) is 0 Å². The molecule has 2 aromatic carbocycles. The van der Waals surface area contributed by atoms with Gasteiger partial charge in [-0.2, -0.15) is 0 Å². The fraction of sp³-hybridized carbons (Fsp3) is 0.300. The van der Waals surface area contributed by atoms with E-state index in [0.717, 1.165) is 11.1 Å². The number of amides is 2. The fourth-order valence-electron chi connectivity index (χ4n) is 3.09. The second kappa shape index (κ2) is 6.52. The molecule has 1 heterocycles. The van der Waals surface area contributed by atoms with Crippen LogP contribution in [0.2, 0.25) is 5.02 Å². The van der Waals surface area contributed by atoms with E-state index in [9.17, 15) is 9.59 Å². The van der Waals surface area contributed by atoms with Crippen LogP contribution in [-0.4, -0.2) is 23.3 Å². The molecular formula is C20H21ClN2O2. The van der Waals surface area contributed by atoms with Gasteiger partial charge in [0.25, 0.3) is 0 Å². The summed E-state index contributed by atoms with van der Waals surface area (Å²) in [5.74, 6) is -0.288. The molecule has 0 aromatic heterocycles. The molecule has 1 atom stereocenters. The Morgan fingerprint density at radius 1 is 1.16 bits per heavy atom. The zero-order chi connectivity index (χ0) is 18.2. The van der Waals surface area contributed by atoms with Crippen LogP contribution in [0.5, 0.6) is 0 Å². The molecule has 3 rings (SSSR count). The smallest absolute Gasteiger partial charge is 0.244 e. The molecule has 4 nitrogen and oxygen atoms in total. The maximum absolute atomic E-state index is 13.1. The summed E-state index contributed by atoms with van der Waals surface area (Å²) in [6.45, 7) is 5.58. The first kappa shape index (κ1) is 17.5. The third-order valence-electron chi connectivity index (χ3n) is 4.23. The first-order valence-electron chi connectivity index (χ1n) is 8.22. The Balaban J connectivity index is 2.22. The number of benzene rings is 2. The van der Waals surface area contributed by atoms with Crippen LogP contribution in [0.15, 0.2) is 48.5 Å². The van der Waals surface area contributed by atoms with Gasteiger partial charge in [-0.15, -0.1) is 0 Å². The van der Waals surface area contributed by atoms with Crippen molar-refractivity contribution in [1.82, 2.24) is 4.90 Å². The average molecular weight is 357 g/mol. The molecule has 2 amide bonds. The largest absolute Gasteiger partial charge is 0.324 e. The van der Waals surface area contributed by atoms with Crippen LogP contribution in [0.3, 0.4) is 0 Å². The Morgan fingerprint density at radius 3 is 2.48 bits per heavy atom. The predicted octanol–water partition coefficient (Wildman–Crippen LogP) is 4.26. The molecule has 130 valence electrons. The van der Waals surface area contributed by atoms with Gasteiger partial charge < -0.3 is 10.2 Å². The first-order valence-corrected chi connectivity index (χ1v) is 8.60. The lowest BCUT2D eigenvalue weighted by atomic mass is 9.90. The summed E-state index contributed by atoms with van der Waals surface area (Å²) in [5.41, 5.74) is 1.85. The molecule has 0 aliphatic carbocycles. The highest BCUT2D eigenvalue weighted by atomic mass is 35.5. The number of hydrogen-bond donors (Lipinski definition) is 1. The fourth-order valence-corrected chi connectivity index (χ4v) is 3.27. The number of carbonyl (C=O) groups is 2. The van der Waals surface area contributed by atoms with Crippen LogP contribution in [-0.2, 0) is 9.59 Å². The number of rotatable bonds is 1. The van der Waals surface area contributed by atoms with Crippen molar-refractivity contribution in [3.63, 3.8) is 0 Å². The average Bonchev–Trinajstić information content (AvgIpc) is 2.69. The Labute approximate surface area is 152 Å². The van der Waals surface area contributed by atoms with Crippen molar-refractivity contribution in [2.24, 2.45) is 5.41 Å². The first-order chi connectivity index (χ1) is 11.8. The normalized spacial score (nSPS) is 17.5. The maximum Gasteiger partial charge on any atom is 0.244 e. The summed E-state index contributed by atoms with van der Waals surface area (Å²) in [5, 5.41) is 3.46. The molecule has 0 saturated heterocycles. The van der Waals surface area contributed by atoms with E-state index in [1.807, 2.05) is 57.2 Å². The molecule has 1 aliphatic heterocycles. The van der Waals surface area contributed by atoms with E-state index in [1.165, 1.54) is 0 Å². The second-order valence-electron chi connectivity index (χ2n) is 7.28. The van der Waals surface area contributed by atoms with E-state index in [0.29, 0.717) is 10.7 Å². The highest BCUT2D eigenvalue weighted by Gasteiger charge is 2.37. The number of nitrogens with one attached hydrogen (secondary N) is 1. The zero-order valence-corrected chi connectivity index (χ0v) is 15.3. The summed E-state index contributed by atoms with van der Waals surface area (Å²) in [6.07, 6.45) is 0. The van der Waals surface area contributed by atoms with Gasteiger partial charge in [0.15, 0.2) is 0 Å². The van der Waals surface area contributed by atoms with Gasteiger partial charge in [0.2, 0.25) is 11.8 Å². The van der Waals surface area contributed by atoms with Crippen LogP contribution < -0.4 is 5.32 Å². The Morgan fingerprint density at radius 2 is 1.84 bits per heavy atom. The van der Waals surface area contributed by atoms with Gasteiger partial charge >= 0.3 is 0 Å². The molecule has 0 bridgehead atoms. The van der Waals surface area contributed by atoms with Gasteiger partial charge in [-0.3, -0.25) is 9.59 Å². The lowest BCUT2D eigenvalue weighted by molar-refractivity contribution is -0.143. The molecule has 1 aliphatic rings. The molecule has 2 aromatic rings. The summed E-state index contributed by atoms with van der Waals surface area (Å²) in [6, 6.07) is 14.7. The monoisotopic (exact) mass is 356 g/mol. The van der Waals surface area contributed by atoms with Gasteiger partial charge in [-0.1, -0.05) is 62.7 Å². The number of hydrogen-bond acceptors (Lipinski definition) is 2. The van der Waals surface area contributed by atoms with Crippen molar-refractivity contribution in [1.29, 1.82) is 0 Å². The van der Waals surface area contributed by atoms with Gasteiger partial charge in [0, 0.05) is 21.7 Å². The van der Waals surface area contributed by atoms with E-state index in [2.05, 4.69) is 5.32 Å². The SMILES string of the molecule is CC(C)(C)C(=O)N1CC(=O)Nc2ccc(Cl)cc2[C@H]1c1ccccc1. The molecule has 0 radical (unpaired) electrons. The summed E-state index contributed by atoms with van der Waals surface area (Å²) < 4.78 is 0. The maximum atomic E-state index is 13.1. The minimum absolute atomic E-state index is 0.00195. The number of nitrogens with zero attached hydrogens (tertiary/aromatic N) is 1. The van der Waals surface area contributed by atoms with Crippen LogP contribution in [0.25, 0.3) is 0 Å². The van der Waals surface area contributed by atoms with E-state index in [4.69, 9.17) is 11.6 Å². The van der Waals surface area contributed by atoms with Crippen molar-refractivity contribution in [3.05, 3.63) is 64.7 Å². The van der Waals surface area contributed by atoms with Crippen LogP contribution in [0, 0.1) is 5.41 Å². The Bertz CT molecular complexity index is 812. The van der Waals surface area contributed by atoms with Crippen molar-refractivity contribution < 1.29 is 9.59 Å². The zero-order valence-electron chi connectivity index (χ0n) is 14.5. The molecule has 0 fully saturated rings. The third-order valence-corrected chi connectivity index (χ3v) is 4.46. The van der Waals surface area contributed by atoms with Crippen molar-refractivity contribution >= 4 is 29.1 Å². The van der Waals surface area contributed by atoms with Gasteiger partial charge in [0.1, 0.15) is 6.54 Å². The number of halogens is 1. The number of fused-ring (bicyclic) bond motifs is 1. The molecule has 25 heavy (non-hydrogen) atoms. The van der Waals surface area contributed by atoms with E-state index in [-0.39, 0.29) is 24.4 Å². The van der Waals surface area contributed by atoms with Crippen LogP contribution in [0.4, 0.5) is 5.69 Å². The highest BCUT2D eigenvalue weighted by Crippen LogP contribution is 2.38. The van der Waals surface area contributed by atoms with Crippen LogP contribution >= 0.6 is 11.6 Å². The van der Waals surface area contributed by atoms with E-state index in [1.54, 1.807) is 17.0 Å². The van der Waals surface area contributed by atoms with Crippen LogP contribution in [0.1, 0.15) is 37.9 Å². The predicted molar refractivity (Wildman–Crippen MR) is 99.5 cm³/mol. The Kier molecular flexibility index (Phi) is 4.56. The molecular weight excluding hydrogens is 336 g/mol. The third kappa shape index (κ3) is 3.54. The van der Waals surface area contributed by atoms with Gasteiger partial charge in [-0.05, 0) is 23.8 Å².